The second-order valence-electron chi connectivity index (χ2n) is 1.33. The standard InChI is InChI=1S/C5H7NO2/c1-6-3-2-5(8)4-7/h7H,2-4H2. The van der Waals surface area contributed by atoms with E-state index in [1.54, 1.807) is 0 Å². The Balaban J connectivity index is 3.15. The topological polar surface area (TPSA) is 41.7 Å². The summed E-state index contributed by atoms with van der Waals surface area (Å²) in [5.74, 6) is -0.263. The van der Waals surface area contributed by atoms with Crippen LogP contribution in [0.15, 0.2) is 0 Å². The Labute approximate surface area is 47.8 Å². The molecule has 0 spiro atoms. The van der Waals surface area contributed by atoms with Gasteiger partial charge in [-0.05, 0) is 0 Å². The fourth-order valence-electron chi connectivity index (χ4n) is 0.260. The third-order valence-electron chi connectivity index (χ3n) is 0.679. The largest absolute Gasteiger partial charge is 0.389 e. The molecule has 0 saturated heterocycles. The number of nitrogens with zero attached hydrogens (tertiary/aromatic N) is 1. The van der Waals surface area contributed by atoms with Gasteiger partial charge in [-0.3, -0.25) is 4.79 Å². The van der Waals surface area contributed by atoms with E-state index in [9.17, 15) is 4.79 Å². The van der Waals surface area contributed by atoms with E-state index < -0.39 is 6.61 Å². The zero-order chi connectivity index (χ0) is 6.41. The predicted octanol–water partition coefficient (Wildman–Crippen LogP) is -0.143. The molecule has 0 aromatic carbocycles. The molecule has 0 aliphatic rings. The van der Waals surface area contributed by atoms with E-state index in [0.717, 1.165) is 0 Å². The van der Waals surface area contributed by atoms with E-state index in [1.165, 1.54) is 0 Å². The summed E-state index contributed by atoms with van der Waals surface area (Å²) in [6.45, 7) is 6.02. The molecule has 44 valence electrons. The van der Waals surface area contributed by atoms with Gasteiger partial charge in [0.05, 0.1) is 6.42 Å². The Morgan fingerprint density at radius 3 is 2.75 bits per heavy atom. The molecule has 0 amide bonds. The Morgan fingerprint density at radius 2 is 2.38 bits per heavy atom. The van der Waals surface area contributed by atoms with E-state index in [2.05, 4.69) is 4.85 Å². The van der Waals surface area contributed by atoms with Crippen molar-refractivity contribution in [2.75, 3.05) is 13.2 Å². The summed E-state index contributed by atoms with van der Waals surface area (Å²) in [7, 11) is 0. The van der Waals surface area contributed by atoms with Gasteiger partial charge in [0.15, 0.2) is 5.78 Å². The number of carbonyl (C=O) groups excluding carboxylic acids is 1. The van der Waals surface area contributed by atoms with Crippen molar-refractivity contribution in [1.82, 2.24) is 0 Å². The number of aliphatic hydroxyl groups excluding tert-OH is 1. The second kappa shape index (κ2) is 4.28. The molecule has 0 atom stereocenters. The van der Waals surface area contributed by atoms with Crippen LogP contribution < -0.4 is 0 Å². The van der Waals surface area contributed by atoms with Crippen LogP contribution in [0.2, 0.25) is 0 Å². The lowest BCUT2D eigenvalue weighted by Gasteiger charge is -1.83. The van der Waals surface area contributed by atoms with Crippen molar-refractivity contribution in [3.8, 4) is 0 Å². The maximum Gasteiger partial charge on any atom is 0.221 e. The van der Waals surface area contributed by atoms with Crippen molar-refractivity contribution in [3.05, 3.63) is 11.4 Å². The molecule has 0 rings (SSSR count). The molecule has 3 nitrogen and oxygen atoms in total. The first-order chi connectivity index (χ1) is 3.81. The van der Waals surface area contributed by atoms with Crippen LogP contribution in [0.3, 0.4) is 0 Å². The van der Waals surface area contributed by atoms with Crippen LogP contribution in [0.25, 0.3) is 4.85 Å². The van der Waals surface area contributed by atoms with Gasteiger partial charge in [0.2, 0.25) is 6.54 Å². The van der Waals surface area contributed by atoms with Gasteiger partial charge >= 0.3 is 0 Å². The average Bonchev–Trinajstić information content (AvgIpc) is 1.83. The quantitative estimate of drug-likeness (QED) is 0.517. The first-order valence-corrected chi connectivity index (χ1v) is 2.27. The lowest BCUT2D eigenvalue weighted by molar-refractivity contribution is -0.121. The number of carbonyl (C=O) groups is 1. The van der Waals surface area contributed by atoms with Gasteiger partial charge < -0.3 is 9.95 Å². The van der Waals surface area contributed by atoms with Gasteiger partial charge in [-0.1, -0.05) is 0 Å². The van der Waals surface area contributed by atoms with Crippen LogP contribution in [0, 0.1) is 6.57 Å². The smallest absolute Gasteiger partial charge is 0.221 e. The van der Waals surface area contributed by atoms with E-state index >= 15 is 0 Å². The van der Waals surface area contributed by atoms with Gasteiger partial charge in [0.1, 0.15) is 6.61 Å². The van der Waals surface area contributed by atoms with Crippen molar-refractivity contribution in [1.29, 1.82) is 0 Å². The highest BCUT2D eigenvalue weighted by atomic mass is 16.3. The molecule has 0 saturated carbocycles. The van der Waals surface area contributed by atoms with Crippen molar-refractivity contribution in [2.45, 2.75) is 6.42 Å². The number of ketones is 1. The minimum absolute atomic E-state index is 0.181. The maximum absolute atomic E-state index is 10.2. The maximum atomic E-state index is 10.2. The number of aliphatic hydroxyl groups is 1. The monoisotopic (exact) mass is 113 g/mol. The van der Waals surface area contributed by atoms with Crippen LogP contribution >= 0.6 is 0 Å². The van der Waals surface area contributed by atoms with Gasteiger partial charge in [0.25, 0.3) is 0 Å². The summed E-state index contributed by atoms with van der Waals surface area (Å²) in [6, 6.07) is 0. The third-order valence-corrected chi connectivity index (χ3v) is 0.679. The molecular weight excluding hydrogens is 106 g/mol. The van der Waals surface area contributed by atoms with Crippen molar-refractivity contribution in [2.24, 2.45) is 0 Å². The minimum Gasteiger partial charge on any atom is -0.389 e. The van der Waals surface area contributed by atoms with Crippen LogP contribution in [-0.4, -0.2) is 24.0 Å². The number of hydrogen-bond acceptors (Lipinski definition) is 2. The lowest BCUT2D eigenvalue weighted by atomic mass is 10.3. The first-order valence-electron chi connectivity index (χ1n) is 2.27. The molecule has 0 unspecified atom stereocenters. The second-order valence-corrected chi connectivity index (χ2v) is 1.33. The minimum atomic E-state index is -0.435. The van der Waals surface area contributed by atoms with Gasteiger partial charge in [-0.25, -0.2) is 6.57 Å². The molecule has 0 aromatic heterocycles. The van der Waals surface area contributed by atoms with Gasteiger partial charge in [-0.15, -0.1) is 0 Å². The Bertz CT molecular complexity index is 114. The Hall–Kier alpha value is -0.880. The summed E-state index contributed by atoms with van der Waals surface area (Å²) >= 11 is 0. The third kappa shape index (κ3) is 3.32. The highest BCUT2D eigenvalue weighted by Crippen LogP contribution is 1.81. The summed E-state index contributed by atoms with van der Waals surface area (Å²) in [6.07, 6.45) is 0.181. The van der Waals surface area contributed by atoms with Crippen molar-refractivity contribution < 1.29 is 9.90 Å². The normalized spacial score (nSPS) is 8.00. The van der Waals surface area contributed by atoms with Crippen molar-refractivity contribution >= 4 is 5.78 Å². The van der Waals surface area contributed by atoms with Crippen LogP contribution in [0.1, 0.15) is 6.42 Å². The average molecular weight is 113 g/mol. The number of rotatable bonds is 3. The zero-order valence-electron chi connectivity index (χ0n) is 4.42. The Morgan fingerprint density at radius 1 is 1.75 bits per heavy atom. The van der Waals surface area contributed by atoms with E-state index in [-0.39, 0.29) is 18.7 Å². The highest BCUT2D eigenvalue weighted by Gasteiger charge is 1.98. The molecule has 0 radical (unpaired) electrons. The molecule has 1 N–H and O–H groups in total. The molecular formula is C5H7NO2. The molecule has 0 aliphatic carbocycles. The fraction of sp³-hybridized carbons (Fsp3) is 0.600. The summed E-state index contributed by atoms with van der Waals surface area (Å²) in [4.78, 5) is 13.1. The predicted molar refractivity (Wildman–Crippen MR) is 28.2 cm³/mol. The summed E-state index contributed by atoms with van der Waals surface area (Å²) in [5, 5.41) is 8.11. The summed E-state index contributed by atoms with van der Waals surface area (Å²) < 4.78 is 0. The summed E-state index contributed by atoms with van der Waals surface area (Å²) in [5.41, 5.74) is 0. The van der Waals surface area contributed by atoms with Crippen LogP contribution in [-0.2, 0) is 4.79 Å². The van der Waals surface area contributed by atoms with Crippen molar-refractivity contribution in [3.63, 3.8) is 0 Å². The molecule has 8 heavy (non-hydrogen) atoms. The number of hydrogen-bond donors (Lipinski definition) is 1. The van der Waals surface area contributed by atoms with Gasteiger partial charge in [0, 0.05) is 0 Å². The first kappa shape index (κ1) is 7.12. The molecule has 0 bridgehead atoms. The molecule has 0 fully saturated rings. The van der Waals surface area contributed by atoms with E-state index in [0.29, 0.717) is 0 Å². The lowest BCUT2D eigenvalue weighted by Crippen LogP contribution is -2.03. The highest BCUT2D eigenvalue weighted by molar-refractivity contribution is 5.79. The Kier molecular flexibility index (Phi) is 3.81. The van der Waals surface area contributed by atoms with Gasteiger partial charge in [-0.2, -0.15) is 0 Å². The van der Waals surface area contributed by atoms with E-state index in [1.807, 2.05) is 0 Å². The number of Topliss-reactive ketones (excluding diaryl/α,β-unsaturated/α-hetero) is 1. The fourth-order valence-corrected chi connectivity index (χ4v) is 0.260. The zero-order valence-corrected chi connectivity index (χ0v) is 4.42. The van der Waals surface area contributed by atoms with Crippen LogP contribution in [0.4, 0.5) is 0 Å². The molecule has 0 aliphatic heterocycles. The molecule has 3 heteroatoms. The van der Waals surface area contributed by atoms with E-state index in [4.69, 9.17) is 11.7 Å². The molecule has 0 heterocycles. The van der Waals surface area contributed by atoms with Crippen LogP contribution in [0.5, 0.6) is 0 Å². The SMILES string of the molecule is [C-]#[N+]CCC(=O)CO. The molecule has 0 aromatic rings.